The molecule has 1 aliphatic heterocycles. The Morgan fingerprint density at radius 1 is 1.04 bits per heavy atom. The van der Waals surface area contributed by atoms with Crippen molar-refractivity contribution in [2.24, 2.45) is 0 Å². The first-order valence-corrected chi connectivity index (χ1v) is 9.88. The highest BCUT2D eigenvalue weighted by molar-refractivity contribution is 5.89. The summed E-state index contributed by atoms with van der Waals surface area (Å²) in [4.78, 5) is 16.9. The Morgan fingerprint density at radius 3 is 2.32 bits per heavy atom. The number of aromatic hydroxyl groups is 1. The third-order valence-electron chi connectivity index (χ3n) is 5.17. The second kappa shape index (κ2) is 9.46. The SMILES string of the molecule is CC(CCc1ccc(O)cc1)NC(=O)Nc1ccc(N2CCN(C)CC2)cc1. The smallest absolute Gasteiger partial charge is 0.319 e. The van der Waals surface area contributed by atoms with Crippen molar-refractivity contribution in [2.45, 2.75) is 25.8 Å². The van der Waals surface area contributed by atoms with Crippen molar-refractivity contribution in [1.82, 2.24) is 10.2 Å². The molecule has 3 N–H and O–H groups in total. The predicted molar refractivity (Wildman–Crippen MR) is 114 cm³/mol. The van der Waals surface area contributed by atoms with Gasteiger partial charge < -0.3 is 25.5 Å². The first-order valence-electron chi connectivity index (χ1n) is 9.88. The van der Waals surface area contributed by atoms with Crippen LogP contribution in [0.1, 0.15) is 18.9 Å². The van der Waals surface area contributed by atoms with Gasteiger partial charge in [-0.15, -0.1) is 0 Å². The molecular weight excluding hydrogens is 352 g/mol. The minimum Gasteiger partial charge on any atom is -0.508 e. The van der Waals surface area contributed by atoms with Crippen molar-refractivity contribution >= 4 is 17.4 Å². The van der Waals surface area contributed by atoms with Crippen LogP contribution in [-0.4, -0.2) is 55.3 Å². The number of piperazine rings is 1. The zero-order chi connectivity index (χ0) is 19.9. The molecule has 0 aliphatic carbocycles. The summed E-state index contributed by atoms with van der Waals surface area (Å²) in [6, 6.07) is 15.1. The second-order valence-electron chi connectivity index (χ2n) is 7.54. The number of nitrogens with one attached hydrogen (secondary N) is 2. The number of amides is 2. The largest absolute Gasteiger partial charge is 0.508 e. The zero-order valence-corrected chi connectivity index (χ0v) is 16.7. The van der Waals surface area contributed by atoms with Gasteiger partial charge in [-0.2, -0.15) is 0 Å². The Labute approximate surface area is 167 Å². The fourth-order valence-electron chi connectivity index (χ4n) is 3.33. The van der Waals surface area contributed by atoms with Crippen LogP contribution < -0.4 is 15.5 Å². The number of anilines is 2. The van der Waals surface area contributed by atoms with E-state index in [-0.39, 0.29) is 17.8 Å². The zero-order valence-electron chi connectivity index (χ0n) is 16.7. The van der Waals surface area contributed by atoms with Crippen molar-refractivity contribution in [3.63, 3.8) is 0 Å². The fourth-order valence-corrected chi connectivity index (χ4v) is 3.33. The molecule has 28 heavy (non-hydrogen) atoms. The molecule has 2 aromatic rings. The predicted octanol–water partition coefficient (Wildman–Crippen LogP) is 3.29. The number of nitrogens with zero attached hydrogens (tertiary/aromatic N) is 2. The first kappa shape index (κ1) is 20.0. The topological polar surface area (TPSA) is 67.8 Å². The van der Waals surface area contributed by atoms with E-state index in [4.69, 9.17) is 0 Å². The van der Waals surface area contributed by atoms with E-state index in [9.17, 15) is 9.90 Å². The third kappa shape index (κ3) is 5.89. The summed E-state index contributed by atoms with van der Waals surface area (Å²) < 4.78 is 0. The molecule has 0 bridgehead atoms. The minimum absolute atomic E-state index is 0.0541. The lowest BCUT2D eigenvalue weighted by atomic mass is 10.1. The summed E-state index contributed by atoms with van der Waals surface area (Å²) in [7, 11) is 2.15. The van der Waals surface area contributed by atoms with E-state index < -0.39 is 0 Å². The summed E-state index contributed by atoms with van der Waals surface area (Å²) in [6.45, 7) is 6.20. The van der Waals surface area contributed by atoms with Crippen LogP contribution in [0.2, 0.25) is 0 Å². The number of hydrogen-bond donors (Lipinski definition) is 3. The Kier molecular flexibility index (Phi) is 6.76. The molecule has 6 nitrogen and oxygen atoms in total. The molecule has 0 saturated carbocycles. The molecule has 2 aromatic carbocycles. The molecule has 1 saturated heterocycles. The van der Waals surface area contributed by atoms with Crippen LogP contribution in [0.5, 0.6) is 5.75 Å². The Hall–Kier alpha value is -2.73. The maximum Gasteiger partial charge on any atom is 0.319 e. The van der Waals surface area contributed by atoms with Gasteiger partial charge in [0.1, 0.15) is 5.75 Å². The van der Waals surface area contributed by atoms with Crippen LogP contribution in [0.4, 0.5) is 16.2 Å². The molecular formula is C22H30N4O2. The van der Waals surface area contributed by atoms with Crippen LogP contribution in [0.25, 0.3) is 0 Å². The van der Waals surface area contributed by atoms with Crippen molar-refractivity contribution in [2.75, 3.05) is 43.4 Å². The molecule has 1 unspecified atom stereocenters. The molecule has 1 fully saturated rings. The van der Waals surface area contributed by atoms with Gasteiger partial charge in [-0.1, -0.05) is 12.1 Å². The molecule has 150 valence electrons. The molecule has 0 aromatic heterocycles. The van der Waals surface area contributed by atoms with Crippen LogP contribution in [-0.2, 0) is 6.42 Å². The number of benzene rings is 2. The maximum absolute atomic E-state index is 12.2. The summed E-state index contributed by atoms with van der Waals surface area (Å²) in [6.07, 6.45) is 1.68. The van der Waals surface area contributed by atoms with Crippen molar-refractivity contribution < 1.29 is 9.90 Å². The average molecular weight is 383 g/mol. The third-order valence-corrected chi connectivity index (χ3v) is 5.17. The van der Waals surface area contributed by atoms with Gasteiger partial charge in [0, 0.05) is 43.6 Å². The Morgan fingerprint density at radius 2 is 1.68 bits per heavy atom. The van der Waals surface area contributed by atoms with Crippen molar-refractivity contribution in [1.29, 1.82) is 0 Å². The molecule has 1 heterocycles. The normalized spacial score (nSPS) is 15.9. The van der Waals surface area contributed by atoms with Crippen LogP contribution in [0, 0.1) is 0 Å². The lowest BCUT2D eigenvalue weighted by Gasteiger charge is -2.34. The monoisotopic (exact) mass is 382 g/mol. The molecule has 0 spiro atoms. The van der Waals surface area contributed by atoms with E-state index in [1.54, 1.807) is 12.1 Å². The molecule has 6 heteroatoms. The van der Waals surface area contributed by atoms with E-state index in [2.05, 4.69) is 39.6 Å². The molecule has 2 amide bonds. The number of carbonyl (C=O) groups is 1. The van der Waals surface area contributed by atoms with E-state index in [1.165, 1.54) is 5.69 Å². The Balaban J connectivity index is 1.43. The lowest BCUT2D eigenvalue weighted by molar-refractivity contribution is 0.248. The lowest BCUT2D eigenvalue weighted by Crippen LogP contribution is -2.44. The van der Waals surface area contributed by atoms with Crippen LogP contribution in [0.3, 0.4) is 0 Å². The highest BCUT2D eigenvalue weighted by atomic mass is 16.3. The van der Waals surface area contributed by atoms with Gasteiger partial charge in [-0.05, 0) is 68.8 Å². The Bertz CT molecular complexity index is 753. The van der Waals surface area contributed by atoms with E-state index >= 15 is 0 Å². The first-order chi connectivity index (χ1) is 13.5. The quantitative estimate of drug-likeness (QED) is 0.717. The van der Waals surface area contributed by atoms with Gasteiger partial charge >= 0.3 is 6.03 Å². The highest BCUT2D eigenvalue weighted by Crippen LogP contribution is 2.19. The number of rotatable bonds is 6. The van der Waals surface area contributed by atoms with Gasteiger partial charge in [0.15, 0.2) is 0 Å². The summed E-state index contributed by atoms with van der Waals surface area (Å²) in [5.41, 5.74) is 3.13. The highest BCUT2D eigenvalue weighted by Gasteiger charge is 2.14. The summed E-state index contributed by atoms with van der Waals surface area (Å²) in [5.74, 6) is 0.271. The maximum atomic E-state index is 12.2. The second-order valence-corrected chi connectivity index (χ2v) is 7.54. The number of hydrogen-bond acceptors (Lipinski definition) is 4. The van der Waals surface area contributed by atoms with Crippen LogP contribution in [0.15, 0.2) is 48.5 Å². The summed E-state index contributed by atoms with van der Waals surface area (Å²) >= 11 is 0. The number of phenolic OH excluding ortho intramolecular Hbond substituents is 1. The fraction of sp³-hybridized carbons (Fsp3) is 0.409. The van der Waals surface area contributed by atoms with Gasteiger partial charge in [-0.3, -0.25) is 0 Å². The van der Waals surface area contributed by atoms with Crippen molar-refractivity contribution in [3.05, 3.63) is 54.1 Å². The van der Waals surface area contributed by atoms with Gasteiger partial charge in [0.2, 0.25) is 0 Å². The number of aryl methyl sites for hydroxylation is 1. The molecule has 0 radical (unpaired) electrons. The van der Waals surface area contributed by atoms with Crippen molar-refractivity contribution in [3.8, 4) is 5.75 Å². The van der Waals surface area contributed by atoms with E-state index in [0.29, 0.717) is 0 Å². The van der Waals surface area contributed by atoms with Crippen LogP contribution >= 0.6 is 0 Å². The number of phenols is 1. The standard InChI is InChI=1S/C22H30N4O2/c1-17(3-4-18-5-11-21(27)12-6-18)23-22(28)24-19-7-9-20(10-8-19)26-15-13-25(2)14-16-26/h5-12,17,27H,3-4,13-16H2,1-2H3,(H2,23,24,28). The molecule has 1 atom stereocenters. The van der Waals surface area contributed by atoms with Gasteiger partial charge in [0.25, 0.3) is 0 Å². The molecule has 1 aliphatic rings. The average Bonchev–Trinajstić information content (AvgIpc) is 2.69. The number of urea groups is 1. The van der Waals surface area contributed by atoms with E-state index in [0.717, 1.165) is 50.3 Å². The summed E-state index contributed by atoms with van der Waals surface area (Å²) in [5, 5.41) is 15.2. The van der Waals surface area contributed by atoms with Gasteiger partial charge in [-0.25, -0.2) is 4.79 Å². The molecule has 3 rings (SSSR count). The van der Waals surface area contributed by atoms with E-state index in [1.807, 2.05) is 31.2 Å². The number of carbonyl (C=O) groups excluding carboxylic acids is 1. The van der Waals surface area contributed by atoms with Gasteiger partial charge in [0.05, 0.1) is 0 Å². The minimum atomic E-state index is -0.189. The number of likely N-dealkylation sites (N-methyl/N-ethyl adjacent to an activating group) is 1.